The molecule has 0 radical (unpaired) electrons. The van der Waals surface area contributed by atoms with E-state index in [0.29, 0.717) is 22.8 Å². The second-order valence-electron chi connectivity index (χ2n) is 7.93. The molecule has 9 nitrogen and oxygen atoms in total. The molecule has 1 fully saturated rings. The first-order valence-corrected chi connectivity index (χ1v) is 10.7. The van der Waals surface area contributed by atoms with Crippen molar-refractivity contribution in [2.75, 3.05) is 17.7 Å². The van der Waals surface area contributed by atoms with Crippen LogP contribution >= 0.6 is 0 Å². The number of halogens is 1. The largest absolute Gasteiger partial charge is 0.481 e. The number of hydrogen-bond acceptors (Lipinski definition) is 8. The molecule has 1 aliphatic rings. The van der Waals surface area contributed by atoms with E-state index in [-0.39, 0.29) is 29.3 Å². The van der Waals surface area contributed by atoms with Crippen molar-refractivity contribution in [1.29, 1.82) is 0 Å². The summed E-state index contributed by atoms with van der Waals surface area (Å²) < 4.78 is 19.9. The van der Waals surface area contributed by atoms with E-state index in [2.05, 4.69) is 25.6 Å². The molecule has 1 aliphatic carbocycles. The summed E-state index contributed by atoms with van der Waals surface area (Å²) in [6.07, 6.45) is 6.95. The van der Waals surface area contributed by atoms with Gasteiger partial charge >= 0.3 is 0 Å². The summed E-state index contributed by atoms with van der Waals surface area (Å²) in [5.74, 6) is -0.863. The second kappa shape index (κ2) is 9.78. The number of carbonyl (C=O) groups excluding carboxylic acids is 1. The van der Waals surface area contributed by atoms with E-state index < -0.39 is 11.7 Å². The molecule has 2 atom stereocenters. The van der Waals surface area contributed by atoms with Crippen LogP contribution in [0.3, 0.4) is 0 Å². The lowest BCUT2D eigenvalue weighted by atomic mass is 9.91. The number of carbonyl (C=O) groups is 1. The number of hydrogen-bond donors (Lipinski definition) is 4. The van der Waals surface area contributed by atoms with Crippen molar-refractivity contribution < 1.29 is 13.9 Å². The van der Waals surface area contributed by atoms with E-state index in [0.717, 1.165) is 31.7 Å². The van der Waals surface area contributed by atoms with Crippen LogP contribution in [0.15, 0.2) is 42.7 Å². The Morgan fingerprint density at radius 1 is 1.15 bits per heavy atom. The molecule has 0 spiro atoms. The van der Waals surface area contributed by atoms with Crippen LogP contribution in [0.1, 0.15) is 36.0 Å². The number of amides is 1. The highest BCUT2D eigenvalue weighted by Gasteiger charge is 2.24. The van der Waals surface area contributed by atoms with Crippen molar-refractivity contribution in [3.63, 3.8) is 0 Å². The zero-order valence-corrected chi connectivity index (χ0v) is 18.2. The van der Waals surface area contributed by atoms with Crippen LogP contribution in [-0.2, 0) is 0 Å². The highest BCUT2D eigenvalue weighted by atomic mass is 19.1. The van der Waals surface area contributed by atoms with Gasteiger partial charge in [-0.2, -0.15) is 0 Å². The number of anilines is 3. The van der Waals surface area contributed by atoms with Crippen LogP contribution in [0.4, 0.5) is 21.7 Å². The van der Waals surface area contributed by atoms with E-state index in [1.807, 2.05) is 12.1 Å². The fourth-order valence-corrected chi connectivity index (χ4v) is 3.86. The number of primary amides is 1. The molecular formula is C23H26FN7O2. The molecule has 172 valence electrons. The SMILES string of the molecule is COc1cccc(-c2cncc(Nc3nc(N[C@@H]4CCCC[C@@H]4N)c(F)cc3C(N)=O)c2)n1. The Labute approximate surface area is 190 Å². The van der Waals surface area contributed by atoms with Crippen LogP contribution in [-0.4, -0.2) is 40.1 Å². The standard InChI is InChI=1S/C23H26FN7O2/c1-33-20-8-4-7-18(29-20)13-9-14(12-27-11-13)28-22-15(21(26)32)10-16(24)23(31-22)30-19-6-3-2-5-17(19)25/h4,7-12,17,19H,2-3,5-6,25H2,1H3,(H2,26,32)(H2,28,30,31)/t17-,19+/m0/s1. The van der Waals surface area contributed by atoms with Gasteiger partial charge in [0.2, 0.25) is 5.88 Å². The van der Waals surface area contributed by atoms with Crippen LogP contribution in [0.25, 0.3) is 11.3 Å². The highest BCUT2D eigenvalue weighted by molar-refractivity contribution is 5.98. The average Bonchev–Trinajstić information content (AvgIpc) is 2.82. The Morgan fingerprint density at radius 3 is 2.73 bits per heavy atom. The first-order valence-electron chi connectivity index (χ1n) is 10.7. The summed E-state index contributed by atoms with van der Waals surface area (Å²) in [6.45, 7) is 0. The summed E-state index contributed by atoms with van der Waals surface area (Å²) in [7, 11) is 1.54. The molecule has 33 heavy (non-hydrogen) atoms. The zero-order chi connectivity index (χ0) is 23.4. The molecule has 10 heteroatoms. The third kappa shape index (κ3) is 5.17. The van der Waals surface area contributed by atoms with Gasteiger partial charge in [0.1, 0.15) is 5.82 Å². The molecule has 1 saturated carbocycles. The first kappa shape index (κ1) is 22.4. The Bertz CT molecular complexity index is 1160. The summed E-state index contributed by atoms with van der Waals surface area (Å²) >= 11 is 0. The number of nitrogens with two attached hydrogens (primary N) is 2. The van der Waals surface area contributed by atoms with Gasteiger partial charge in [0.25, 0.3) is 5.91 Å². The Balaban J connectivity index is 1.64. The van der Waals surface area contributed by atoms with Gasteiger partial charge in [0.05, 0.1) is 30.3 Å². The number of methoxy groups -OCH3 is 1. The quantitative estimate of drug-likeness (QED) is 0.429. The van der Waals surface area contributed by atoms with Crippen molar-refractivity contribution in [2.45, 2.75) is 37.8 Å². The number of ether oxygens (including phenoxy) is 1. The molecule has 0 unspecified atom stereocenters. The molecule has 0 aliphatic heterocycles. The van der Waals surface area contributed by atoms with Gasteiger partial charge in [-0.05, 0) is 31.0 Å². The highest BCUT2D eigenvalue weighted by Crippen LogP contribution is 2.28. The van der Waals surface area contributed by atoms with Crippen molar-refractivity contribution in [3.05, 3.63) is 54.1 Å². The predicted molar refractivity (Wildman–Crippen MR) is 124 cm³/mol. The smallest absolute Gasteiger partial charge is 0.252 e. The van der Waals surface area contributed by atoms with Gasteiger partial charge in [-0.25, -0.2) is 14.4 Å². The van der Waals surface area contributed by atoms with E-state index in [1.54, 1.807) is 31.6 Å². The molecule has 3 aromatic heterocycles. The lowest BCUT2D eigenvalue weighted by Crippen LogP contribution is -2.43. The molecule has 3 heterocycles. The molecule has 3 aromatic rings. The third-order valence-electron chi connectivity index (χ3n) is 5.61. The number of pyridine rings is 3. The van der Waals surface area contributed by atoms with E-state index >= 15 is 0 Å². The Morgan fingerprint density at radius 2 is 1.97 bits per heavy atom. The maximum atomic E-state index is 14.7. The molecule has 0 bridgehead atoms. The maximum absolute atomic E-state index is 14.7. The second-order valence-corrected chi connectivity index (χ2v) is 7.93. The number of nitrogens with one attached hydrogen (secondary N) is 2. The molecule has 1 amide bonds. The van der Waals surface area contributed by atoms with Crippen molar-refractivity contribution in [2.24, 2.45) is 11.5 Å². The minimum Gasteiger partial charge on any atom is -0.481 e. The molecule has 4 rings (SSSR count). The van der Waals surface area contributed by atoms with Crippen molar-refractivity contribution in [3.8, 4) is 17.1 Å². The van der Waals surface area contributed by atoms with Gasteiger partial charge < -0.3 is 26.8 Å². The van der Waals surface area contributed by atoms with Crippen molar-refractivity contribution in [1.82, 2.24) is 15.0 Å². The van der Waals surface area contributed by atoms with Crippen LogP contribution in [0, 0.1) is 5.82 Å². The third-order valence-corrected chi connectivity index (χ3v) is 5.61. The van der Waals surface area contributed by atoms with Crippen molar-refractivity contribution >= 4 is 23.2 Å². The van der Waals surface area contributed by atoms with Gasteiger partial charge in [0, 0.05) is 29.9 Å². The zero-order valence-electron chi connectivity index (χ0n) is 18.2. The van der Waals surface area contributed by atoms with E-state index in [4.69, 9.17) is 16.2 Å². The number of nitrogens with zero attached hydrogens (tertiary/aromatic N) is 3. The fourth-order valence-electron chi connectivity index (χ4n) is 3.86. The van der Waals surface area contributed by atoms with E-state index in [1.165, 1.54) is 0 Å². The molecule has 0 saturated heterocycles. The molecule has 0 aromatic carbocycles. The van der Waals surface area contributed by atoms with Gasteiger partial charge in [-0.15, -0.1) is 0 Å². The minimum absolute atomic E-state index is 0.0171. The van der Waals surface area contributed by atoms with Crippen LogP contribution in [0.5, 0.6) is 5.88 Å². The summed E-state index contributed by atoms with van der Waals surface area (Å²) in [4.78, 5) is 24.9. The summed E-state index contributed by atoms with van der Waals surface area (Å²) in [6, 6.07) is 8.06. The van der Waals surface area contributed by atoms with Gasteiger partial charge in [-0.1, -0.05) is 18.9 Å². The first-order chi connectivity index (χ1) is 15.9. The summed E-state index contributed by atoms with van der Waals surface area (Å²) in [5.41, 5.74) is 13.5. The normalized spacial score (nSPS) is 17.9. The van der Waals surface area contributed by atoms with Crippen LogP contribution in [0.2, 0.25) is 0 Å². The molecule has 6 N–H and O–H groups in total. The van der Waals surface area contributed by atoms with Crippen LogP contribution < -0.4 is 26.8 Å². The Hall–Kier alpha value is -3.79. The number of aromatic nitrogens is 3. The lowest BCUT2D eigenvalue weighted by Gasteiger charge is -2.30. The summed E-state index contributed by atoms with van der Waals surface area (Å²) in [5, 5.41) is 6.14. The lowest BCUT2D eigenvalue weighted by molar-refractivity contribution is 0.100. The minimum atomic E-state index is -0.802. The maximum Gasteiger partial charge on any atom is 0.252 e. The molecular weight excluding hydrogens is 425 g/mol. The number of rotatable bonds is 7. The van der Waals surface area contributed by atoms with Gasteiger partial charge in [0.15, 0.2) is 11.6 Å². The van der Waals surface area contributed by atoms with E-state index in [9.17, 15) is 9.18 Å². The Kier molecular flexibility index (Phi) is 6.64. The predicted octanol–water partition coefficient (Wildman–Crippen LogP) is 3.21. The fraction of sp³-hybridized carbons (Fsp3) is 0.304. The monoisotopic (exact) mass is 451 g/mol. The van der Waals surface area contributed by atoms with Gasteiger partial charge in [-0.3, -0.25) is 9.78 Å². The topological polar surface area (TPSA) is 141 Å². The average molecular weight is 452 g/mol.